The molecule has 3 unspecified atom stereocenters. The standard InChI is InChI=1S/C14H25N3/c15-10-7-12-3-4-13(8-10)17(12)14-5-6-16(9-14)11-1-2-11/h10-14H,1-9,15H2. The van der Waals surface area contributed by atoms with Gasteiger partial charge in [-0.25, -0.2) is 0 Å². The van der Waals surface area contributed by atoms with Crippen molar-refractivity contribution in [2.45, 2.75) is 75.2 Å². The summed E-state index contributed by atoms with van der Waals surface area (Å²) >= 11 is 0. The van der Waals surface area contributed by atoms with Crippen LogP contribution in [0.4, 0.5) is 0 Å². The van der Waals surface area contributed by atoms with E-state index >= 15 is 0 Å². The first-order valence-electron chi connectivity index (χ1n) is 7.58. The van der Waals surface area contributed by atoms with Gasteiger partial charge in [-0.2, -0.15) is 0 Å². The lowest BCUT2D eigenvalue weighted by molar-refractivity contribution is 0.0797. The van der Waals surface area contributed by atoms with E-state index in [1.165, 1.54) is 58.0 Å². The maximum atomic E-state index is 6.16. The van der Waals surface area contributed by atoms with Gasteiger partial charge in [-0.3, -0.25) is 9.80 Å². The number of rotatable bonds is 2. The van der Waals surface area contributed by atoms with Crippen LogP contribution in [0, 0.1) is 0 Å². The highest BCUT2D eigenvalue weighted by Crippen LogP contribution is 2.40. The summed E-state index contributed by atoms with van der Waals surface area (Å²) in [6, 6.07) is 3.97. The van der Waals surface area contributed by atoms with Gasteiger partial charge in [0.25, 0.3) is 0 Å². The molecule has 0 aromatic rings. The Morgan fingerprint density at radius 1 is 0.765 bits per heavy atom. The van der Waals surface area contributed by atoms with E-state index in [2.05, 4.69) is 9.80 Å². The lowest BCUT2D eigenvalue weighted by atomic mass is 9.96. The Balaban J connectivity index is 1.45. The van der Waals surface area contributed by atoms with Crippen LogP contribution in [0.3, 0.4) is 0 Å². The summed E-state index contributed by atoms with van der Waals surface area (Å²) in [5.41, 5.74) is 6.16. The SMILES string of the molecule is NC1CC2CCC(C1)N2C1CCN(C2CC2)C1. The summed E-state index contributed by atoms with van der Waals surface area (Å²) in [6.07, 6.45) is 9.69. The van der Waals surface area contributed by atoms with E-state index in [9.17, 15) is 0 Å². The third-order valence-corrected chi connectivity index (χ3v) is 5.51. The Kier molecular flexibility index (Phi) is 2.50. The van der Waals surface area contributed by atoms with E-state index in [1.807, 2.05) is 0 Å². The van der Waals surface area contributed by atoms with E-state index in [1.54, 1.807) is 0 Å². The molecule has 2 N–H and O–H groups in total. The van der Waals surface area contributed by atoms with E-state index in [0.29, 0.717) is 6.04 Å². The molecular weight excluding hydrogens is 210 g/mol. The maximum Gasteiger partial charge on any atom is 0.0241 e. The molecule has 96 valence electrons. The Morgan fingerprint density at radius 3 is 2.06 bits per heavy atom. The zero-order valence-corrected chi connectivity index (χ0v) is 10.7. The molecule has 17 heavy (non-hydrogen) atoms. The summed E-state index contributed by atoms with van der Waals surface area (Å²) in [6.45, 7) is 2.71. The van der Waals surface area contributed by atoms with E-state index < -0.39 is 0 Å². The molecule has 0 spiro atoms. The van der Waals surface area contributed by atoms with Crippen LogP contribution in [-0.2, 0) is 0 Å². The highest BCUT2D eigenvalue weighted by atomic mass is 15.3. The van der Waals surface area contributed by atoms with E-state index in [0.717, 1.165) is 24.2 Å². The Labute approximate surface area is 104 Å². The molecule has 0 aromatic heterocycles. The third-order valence-electron chi connectivity index (χ3n) is 5.51. The second-order valence-corrected chi connectivity index (χ2v) is 6.73. The van der Waals surface area contributed by atoms with Crippen molar-refractivity contribution in [1.29, 1.82) is 0 Å². The van der Waals surface area contributed by atoms with Gasteiger partial charge in [0, 0.05) is 43.3 Å². The summed E-state index contributed by atoms with van der Waals surface area (Å²) in [5.74, 6) is 0. The molecule has 4 fully saturated rings. The molecule has 3 heteroatoms. The van der Waals surface area contributed by atoms with Crippen LogP contribution in [0.25, 0.3) is 0 Å². The van der Waals surface area contributed by atoms with Crippen LogP contribution in [0.1, 0.15) is 44.9 Å². The minimum absolute atomic E-state index is 0.490. The number of piperidine rings is 1. The lowest BCUT2D eigenvalue weighted by Crippen LogP contribution is -2.52. The molecule has 4 aliphatic rings. The third kappa shape index (κ3) is 1.83. The van der Waals surface area contributed by atoms with Crippen LogP contribution < -0.4 is 5.73 Å². The highest BCUT2D eigenvalue weighted by molar-refractivity contribution is 5.02. The van der Waals surface area contributed by atoms with E-state index in [4.69, 9.17) is 5.73 Å². The summed E-state index contributed by atoms with van der Waals surface area (Å²) in [7, 11) is 0. The Bertz CT molecular complexity index is 288. The molecule has 1 saturated carbocycles. The van der Waals surface area contributed by atoms with Crippen LogP contribution in [0.2, 0.25) is 0 Å². The second kappa shape index (κ2) is 3.94. The van der Waals surface area contributed by atoms with Crippen molar-refractivity contribution in [3.05, 3.63) is 0 Å². The molecule has 3 atom stereocenters. The van der Waals surface area contributed by atoms with Gasteiger partial charge in [0.1, 0.15) is 0 Å². The first kappa shape index (κ1) is 10.8. The molecule has 4 rings (SSSR count). The van der Waals surface area contributed by atoms with Crippen LogP contribution >= 0.6 is 0 Å². The van der Waals surface area contributed by atoms with Gasteiger partial charge in [0.05, 0.1) is 0 Å². The number of nitrogens with zero attached hydrogens (tertiary/aromatic N) is 2. The van der Waals surface area contributed by atoms with Gasteiger partial charge in [-0.05, 0) is 44.9 Å². The minimum atomic E-state index is 0.490. The van der Waals surface area contributed by atoms with Crippen molar-refractivity contribution in [2.24, 2.45) is 5.73 Å². The average Bonchev–Trinajstić information content (AvgIpc) is 2.98. The molecule has 3 heterocycles. The molecule has 0 aromatic carbocycles. The van der Waals surface area contributed by atoms with Crippen molar-refractivity contribution in [1.82, 2.24) is 9.80 Å². The largest absolute Gasteiger partial charge is 0.328 e. The smallest absolute Gasteiger partial charge is 0.0241 e. The minimum Gasteiger partial charge on any atom is -0.328 e. The fraction of sp³-hybridized carbons (Fsp3) is 1.00. The monoisotopic (exact) mass is 235 g/mol. The van der Waals surface area contributed by atoms with Crippen molar-refractivity contribution in [2.75, 3.05) is 13.1 Å². The lowest BCUT2D eigenvalue weighted by Gasteiger charge is -2.41. The fourth-order valence-corrected chi connectivity index (χ4v) is 4.63. The number of hydrogen-bond donors (Lipinski definition) is 1. The van der Waals surface area contributed by atoms with Crippen LogP contribution in [0.5, 0.6) is 0 Å². The summed E-state index contributed by atoms with van der Waals surface area (Å²) in [4.78, 5) is 5.63. The zero-order chi connectivity index (χ0) is 11.4. The molecule has 2 bridgehead atoms. The molecule has 3 saturated heterocycles. The van der Waals surface area contributed by atoms with Crippen molar-refractivity contribution in [3.8, 4) is 0 Å². The summed E-state index contributed by atoms with van der Waals surface area (Å²) < 4.78 is 0. The topological polar surface area (TPSA) is 32.5 Å². The molecule has 3 nitrogen and oxygen atoms in total. The average molecular weight is 235 g/mol. The Morgan fingerprint density at radius 2 is 1.41 bits per heavy atom. The quantitative estimate of drug-likeness (QED) is 0.780. The van der Waals surface area contributed by atoms with Gasteiger partial charge < -0.3 is 5.73 Å². The number of likely N-dealkylation sites (tertiary alicyclic amines) is 1. The van der Waals surface area contributed by atoms with Gasteiger partial charge in [0.15, 0.2) is 0 Å². The first-order chi connectivity index (χ1) is 8.31. The zero-order valence-electron chi connectivity index (χ0n) is 10.7. The van der Waals surface area contributed by atoms with E-state index in [-0.39, 0.29) is 0 Å². The van der Waals surface area contributed by atoms with Gasteiger partial charge in [-0.15, -0.1) is 0 Å². The molecule has 3 aliphatic heterocycles. The van der Waals surface area contributed by atoms with Crippen molar-refractivity contribution < 1.29 is 0 Å². The highest BCUT2D eigenvalue weighted by Gasteiger charge is 2.45. The second-order valence-electron chi connectivity index (χ2n) is 6.73. The van der Waals surface area contributed by atoms with Gasteiger partial charge in [0.2, 0.25) is 0 Å². The normalized spacial score (nSPS) is 47.8. The predicted octanol–water partition coefficient (Wildman–Crippen LogP) is 1.18. The van der Waals surface area contributed by atoms with Crippen molar-refractivity contribution >= 4 is 0 Å². The van der Waals surface area contributed by atoms with Crippen LogP contribution in [-0.4, -0.2) is 53.1 Å². The fourth-order valence-electron chi connectivity index (χ4n) is 4.63. The molecular formula is C14H25N3. The molecule has 0 radical (unpaired) electrons. The molecule has 0 amide bonds. The van der Waals surface area contributed by atoms with Gasteiger partial charge in [-0.1, -0.05) is 0 Å². The van der Waals surface area contributed by atoms with Gasteiger partial charge >= 0.3 is 0 Å². The first-order valence-corrected chi connectivity index (χ1v) is 7.58. The number of fused-ring (bicyclic) bond motifs is 2. The number of hydrogen-bond acceptors (Lipinski definition) is 3. The Hall–Kier alpha value is -0.120. The van der Waals surface area contributed by atoms with Crippen LogP contribution in [0.15, 0.2) is 0 Å². The van der Waals surface area contributed by atoms with Crippen molar-refractivity contribution in [3.63, 3.8) is 0 Å². The maximum absolute atomic E-state index is 6.16. The predicted molar refractivity (Wildman–Crippen MR) is 68.9 cm³/mol. The molecule has 1 aliphatic carbocycles. The number of nitrogens with two attached hydrogens (primary N) is 1. The summed E-state index contributed by atoms with van der Waals surface area (Å²) in [5, 5.41) is 0.